The van der Waals surface area contributed by atoms with Gasteiger partial charge in [-0.1, -0.05) is 6.07 Å². The van der Waals surface area contributed by atoms with Crippen LogP contribution in [-0.2, 0) is 22.6 Å². The number of carbonyl (C=O) groups excluding carboxylic acids is 2. The fourth-order valence-corrected chi connectivity index (χ4v) is 3.85. The maximum Gasteiger partial charge on any atom is 0.307 e. The van der Waals surface area contributed by atoms with Gasteiger partial charge in [-0.15, -0.1) is 11.3 Å². The first-order valence-electron chi connectivity index (χ1n) is 8.46. The largest absolute Gasteiger partial charge is 0.482 e. The van der Waals surface area contributed by atoms with E-state index >= 15 is 0 Å². The summed E-state index contributed by atoms with van der Waals surface area (Å²) >= 11 is 1.10. The number of H-pyrrole nitrogens is 1. The van der Waals surface area contributed by atoms with Crippen LogP contribution in [0.1, 0.15) is 21.7 Å². The number of aromatic amines is 1. The molecule has 1 aliphatic heterocycles. The molecule has 0 fully saturated rings. The maximum atomic E-state index is 12.4. The number of aliphatic carboxylic acids is 1. The van der Waals surface area contributed by atoms with Gasteiger partial charge in [0.05, 0.1) is 17.5 Å². The Morgan fingerprint density at radius 3 is 2.93 bits per heavy atom. The summed E-state index contributed by atoms with van der Waals surface area (Å²) in [6, 6.07) is 5.12. The number of benzene rings is 1. The Balaban J connectivity index is 1.51. The molecule has 2 aromatic heterocycles. The second-order valence-corrected chi connectivity index (χ2v) is 7.13. The average molecular weight is 414 g/mol. The van der Waals surface area contributed by atoms with Gasteiger partial charge in [-0.25, -0.2) is 4.98 Å². The fraction of sp³-hybridized carbons (Fsp3) is 0.167. The van der Waals surface area contributed by atoms with Crippen LogP contribution >= 0.6 is 11.3 Å². The van der Waals surface area contributed by atoms with E-state index in [0.29, 0.717) is 27.4 Å². The van der Waals surface area contributed by atoms with Crippen LogP contribution < -0.4 is 20.9 Å². The molecule has 0 radical (unpaired) electrons. The number of nitrogens with zero attached hydrogens (tertiary/aromatic N) is 1. The molecular formula is C18H14N4O6S. The van der Waals surface area contributed by atoms with Crippen molar-refractivity contribution in [3.05, 3.63) is 50.9 Å². The molecule has 3 heterocycles. The lowest BCUT2D eigenvalue weighted by Gasteiger charge is -2.18. The van der Waals surface area contributed by atoms with Crippen LogP contribution in [-0.4, -0.2) is 39.5 Å². The van der Waals surface area contributed by atoms with Gasteiger partial charge in [0.15, 0.2) is 6.61 Å². The predicted octanol–water partition coefficient (Wildman–Crippen LogP) is 0.873. The summed E-state index contributed by atoms with van der Waals surface area (Å²) < 4.78 is 5.28. The summed E-state index contributed by atoms with van der Waals surface area (Å²) in [6.45, 7) is 0.0972. The SMILES string of the molecule is O=C(O)Cc1csc2nc(C(=O)NCc3ccc4c(c3)NC(=O)CO4)[nH]c(=O)c12. The molecule has 148 valence electrons. The van der Waals surface area contributed by atoms with Gasteiger partial charge in [0.1, 0.15) is 10.6 Å². The highest BCUT2D eigenvalue weighted by Gasteiger charge is 2.18. The molecule has 1 aliphatic rings. The molecule has 4 N–H and O–H groups in total. The van der Waals surface area contributed by atoms with Crippen molar-refractivity contribution >= 4 is 45.0 Å². The summed E-state index contributed by atoms with van der Waals surface area (Å²) in [5.74, 6) is -1.52. The molecule has 2 amide bonds. The van der Waals surface area contributed by atoms with Crippen molar-refractivity contribution in [1.29, 1.82) is 0 Å². The van der Waals surface area contributed by atoms with Crippen molar-refractivity contribution in [3.8, 4) is 5.75 Å². The van der Waals surface area contributed by atoms with Gasteiger partial charge in [0.2, 0.25) is 5.82 Å². The molecule has 0 atom stereocenters. The Labute approximate surface area is 166 Å². The van der Waals surface area contributed by atoms with Gasteiger partial charge in [-0.05, 0) is 28.6 Å². The molecule has 0 bridgehead atoms. The van der Waals surface area contributed by atoms with Crippen molar-refractivity contribution in [2.24, 2.45) is 0 Å². The third-order valence-corrected chi connectivity index (χ3v) is 5.13. The van der Waals surface area contributed by atoms with Crippen LogP contribution in [0.4, 0.5) is 5.69 Å². The number of aromatic nitrogens is 2. The number of ether oxygens (including phenoxy) is 1. The molecule has 0 aliphatic carbocycles. The van der Waals surface area contributed by atoms with E-state index in [0.717, 1.165) is 11.3 Å². The second kappa shape index (κ2) is 7.36. The van der Waals surface area contributed by atoms with Crippen LogP contribution in [0.25, 0.3) is 10.2 Å². The summed E-state index contributed by atoms with van der Waals surface area (Å²) in [6.07, 6.45) is -0.297. The first kappa shape index (κ1) is 18.6. The van der Waals surface area contributed by atoms with Gasteiger partial charge < -0.3 is 25.5 Å². The van der Waals surface area contributed by atoms with Crippen LogP contribution in [0, 0.1) is 0 Å². The standard InChI is InChI=1S/C18H14N4O6S/c23-12-6-28-11-2-1-8(3-10(11)20-12)5-19-17(27)15-21-16(26)14-9(4-13(24)25)7-29-18(14)22-15/h1-3,7H,4-6H2,(H,19,27)(H,20,23)(H,24,25)(H,21,22,26). The number of carbonyl (C=O) groups is 3. The maximum absolute atomic E-state index is 12.4. The van der Waals surface area contributed by atoms with Gasteiger partial charge in [0, 0.05) is 6.54 Å². The van der Waals surface area contributed by atoms with Crippen LogP contribution in [0.2, 0.25) is 0 Å². The summed E-state index contributed by atoms with van der Waals surface area (Å²) in [5.41, 5.74) is 1.03. The molecule has 0 saturated carbocycles. The summed E-state index contributed by atoms with van der Waals surface area (Å²) in [5, 5.41) is 16.0. The average Bonchev–Trinajstić information content (AvgIpc) is 3.08. The number of hydrogen-bond donors (Lipinski definition) is 4. The van der Waals surface area contributed by atoms with Gasteiger partial charge >= 0.3 is 5.97 Å². The number of rotatable bonds is 5. The highest BCUT2D eigenvalue weighted by atomic mass is 32.1. The summed E-state index contributed by atoms with van der Waals surface area (Å²) in [7, 11) is 0. The predicted molar refractivity (Wildman–Crippen MR) is 103 cm³/mol. The van der Waals surface area contributed by atoms with E-state index in [1.807, 2.05) is 0 Å². The Morgan fingerprint density at radius 2 is 2.14 bits per heavy atom. The molecule has 1 aromatic carbocycles. The Morgan fingerprint density at radius 1 is 1.31 bits per heavy atom. The lowest BCUT2D eigenvalue weighted by molar-refractivity contribution is -0.136. The number of amides is 2. The first-order valence-corrected chi connectivity index (χ1v) is 9.34. The fourth-order valence-electron chi connectivity index (χ4n) is 2.91. The highest BCUT2D eigenvalue weighted by molar-refractivity contribution is 7.16. The topological polar surface area (TPSA) is 150 Å². The highest BCUT2D eigenvalue weighted by Crippen LogP contribution is 2.28. The number of carboxylic acids is 1. The number of nitrogens with one attached hydrogen (secondary N) is 3. The third kappa shape index (κ3) is 3.80. The molecule has 11 heteroatoms. The lowest BCUT2D eigenvalue weighted by Crippen LogP contribution is -2.28. The van der Waals surface area contributed by atoms with E-state index in [1.165, 1.54) is 0 Å². The van der Waals surface area contributed by atoms with E-state index in [9.17, 15) is 19.2 Å². The molecular weight excluding hydrogens is 400 g/mol. The molecule has 3 aromatic rings. The zero-order valence-electron chi connectivity index (χ0n) is 14.8. The zero-order valence-corrected chi connectivity index (χ0v) is 15.6. The van der Waals surface area contributed by atoms with Gasteiger partial charge in [-0.2, -0.15) is 0 Å². The van der Waals surface area contributed by atoms with Crippen LogP contribution in [0.15, 0.2) is 28.4 Å². The number of carboxylic acid groups (broad SMARTS) is 1. The van der Waals surface area contributed by atoms with Crippen molar-refractivity contribution in [2.75, 3.05) is 11.9 Å². The van der Waals surface area contributed by atoms with Gasteiger partial charge in [0.25, 0.3) is 17.4 Å². The number of thiophene rings is 1. The second-order valence-electron chi connectivity index (χ2n) is 6.28. The van der Waals surface area contributed by atoms with Crippen LogP contribution in [0.5, 0.6) is 5.75 Å². The quantitative estimate of drug-likeness (QED) is 0.484. The Kier molecular flexibility index (Phi) is 4.72. The van der Waals surface area contributed by atoms with Crippen molar-refractivity contribution < 1.29 is 24.2 Å². The normalized spacial score (nSPS) is 12.8. The minimum Gasteiger partial charge on any atom is -0.482 e. The number of fused-ring (bicyclic) bond motifs is 2. The minimum absolute atomic E-state index is 0.0402. The third-order valence-electron chi connectivity index (χ3n) is 4.21. The van der Waals surface area contributed by atoms with E-state index in [4.69, 9.17) is 9.84 Å². The van der Waals surface area contributed by atoms with Gasteiger partial charge in [-0.3, -0.25) is 19.2 Å². The van der Waals surface area contributed by atoms with E-state index in [1.54, 1.807) is 23.6 Å². The molecule has 0 spiro atoms. The van der Waals surface area contributed by atoms with E-state index in [2.05, 4.69) is 20.6 Å². The minimum atomic E-state index is -1.06. The molecule has 0 saturated heterocycles. The summed E-state index contributed by atoms with van der Waals surface area (Å²) in [4.78, 5) is 53.9. The first-order chi connectivity index (χ1) is 13.9. The van der Waals surface area contributed by atoms with Crippen LogP contribution in [0.3, 0.4) is 0 Å². The van der Waals surface area contributed by atoms with E-state index < -0.39 is 17.4 Å². The Hall–Kier alpha value is -3.73. The van der Waals surface area contributed by atoms with Crippen molar-refractivity contribution in [3.63, 3.8) is 0 Å². The number of anilines is 1. The molecule has 10 nitrogen and oxygen atoms in total. The molecule has 0 unspecified atom stereocenters. The monoisotopic (exact) mass is 414 g/mol. The van der Waals surface area contributed by atoms with E-state index in [-0.39, 0.29) is 36.7 Å². The number of hydrogen-bond acceptors (Lipinski definition) is 7. The Bertz CT molecular complexity index is 1210. The van der Waals surface area contributed by atoms with Crippen molar-refractivity contribution in [1.82, 2.24) is 15.3 Å². The zero-order chi connectivity index (χ0) is 20.5. The molecule has 4 rings (SSSR count). The van der Waals surface area contributed by atoms with Crippen molar-refractivity contribution in [2.45, 2.75) is 13.0 Å². The smallest absolute Gasteiger partial charge is 0.307 e. The molecule has 29 heavy (non-hydrogen) atoms. The lowest BCUT2D eigenvalue weighted by atomic mass is 10.1.